The molecule has 0 radical (unpaired) electrons. The van der Waals surface area contributed by atoms with Crippen LogP contribution in [-0.4, -0.2) is 22.6 Å². The van der Waals surface area contributed by atoms with Crippen molar-refractivity contribution in [1.29, 1.82) is 0 Å². The molecule has 17 heavy (non-hydrogen) atoms. The smallest absolute Gasteiger partial charge is 0.309 e. The highest BCUT2D eigenvalue weighted by molar-refractivity contribution is 5.69. The number of nitrogens with zero attached hydrogens (tertiary/aromatic N) is 4. The molecule has 6 nitrogen and oxygen atoms in total. The molecule has 6 heteroatoms. The van der Waals surface area contributed by atoms with Crippen LogP contribution in [0.2, 0.25) is 0 Å². The van der Waals surface area contributed by atoms with E-state index in [1.165, 1.54) is 6.20 Å². The number of rotatable bonds is 4. The van der Waals surface area contributed by atoms with Crippen LogP contribution in [-0.2, 0) is 11.2 Å². The van der Waals surface area contributed by atoms with Crippen molar-refractivity contribution in [2.24, 2.45) is 5.11 Å². The molecule has 1 N–H and O–H groups in total. The highest BCUT2D eigenvalue weighted by atomic mass is 16.4. The van der Waals surface area contributed by atoms with Crippen molar-refractivity contribution in [2.45, 2.75) is 12.8 Å². The van der Waals surface area contributed by atoms with Gasteiger partial charge in [-0.25, -0.2) is 0 Å². The number of carboxylic acids is 1. The Morgan fingerprint density at radius 1 is 1.59 bits per heavy atom. The van der Waals surface area contributed by atoms with Gasteiger partial charge < -0.3 is 5.11 Å². The first-order chi connectivity index (χ1) is 8.22. The number of aromatic nitrogens is 1. The van der Waals surface area contributed by atoms with Crippen molar-refractivity contribution < 1.29 is 9.90 Å². The van der Waals surface area contributed by atoms with Gasteiger partial charge >= 0.3 is 5.97 Å². The molecule has 0 aromatic carbocycles. The maximum absolute atomic E-state index is 10.4. The molecule has 0 aliphatic rings. The molecule has 0 fully saturated rings. The highest BCUT2D eigenvalue weighted by Gasteiger charge is 2.00. The third-order valence-corrected chi connectivity index (χ3v) is 1.79. The minimum Gasteiger partial charge on any atom is -0.481 e. The molecule has 1 aromatic rings. The van der Waals surface area contributed by atoms with Crippen LogP contribution in [0.3, 0.4) is 0 Å². The van der Waals surface area contributed by atoms with E-state index in [1.807, 2.05) is 0 Å². The number of hydrogen-bond donors (Lipinski definition) is 1. The van der Waals surface area contributed by atoms with Crippen molar-refractivity contribution in [3.63, 3.8) is 0 Å². The Morgan fingerprint density at radius 2 is 2.41 bits per heavy atom. The molecule has 1 aromatic heterocycles. The summed E-state index contributed by atoms with van der Waals surface area (Å²) in [5.74, 6) is 4.76. The van der Waals surface area contributed by atoms with Gasteiger partial charge in [0.25, 0.3) is 0 Å². The largest absolute Gasteiger partial charge is 0.481 e. The summed E-state index contributed by atoms with van der Waals surface area (Å²) in [7, 11) is 0. The summed E-state index contributed by atoms with van der Waals surface area (Å²) in [4.78, 5) is 17.0. The molecule has 0 spiro atoms. The fourth-order valence-corrected chi connectivity index (χ4v) is 1.07. The second-order valence-electron chi connectivity index (χ2n) is 3.11. The number of carbonyl (C=O) groups is 1. The first-order valence-electron chi connectivity index (χ1n) is 4.89. The van der Waals surface area contributed by atoms with Gasteiger partial charge in [-0.15, -0.1) is 0 Å². The van der Waals surface area contributed by atoms with Crippen LogP contribution in [0.15, 0.2) is 23.4 Å². The molecule has 0 bridgehead atoms. The van der Waals surface area contributed by atoms with E-state index in [4.69, 9.17) is 10.6 Å². The van der Waals surface area contributed by atoms with Crippen LogP contribution >= 0.6 is 0 Å². The van der Waals surface area contributed by atoms with Crippen molar-refractivity contribution in [3.05, 3.63) is 40.0 Å². The van der Waals surface area contributed by atoms with Crippen molar-refractivity contribution >= 4 is 5.97 Å². The maximum Gasteiger partial charge on any atom is 0.309 e. The van der Waals surface area contributed by atoms with E-state index in [-0.39, 0.29) is 6.42 Å². The predicted molar refractivity (Wildman–Crippen MR) is 61.1 cm³/mol. The number of pyridine rings is 1. The zero-order valence-corrected chi connectivity index (χ0v) is 9.00. The molecule has 1 rings (SSSR count). The van der Waals surface area contributed by atoms with Gasteiger partial charge in [-0.3, -0.25) is 9.78 Å². The normalized spacial score (nSPS) is 8.71. The summed E-state index contributed by atoms with van der Waals surface area (Å²) in [5.41, 5.74) is 9.24. The van der Waals surface area contributed by atoms with Crippen molar-refractivity contribution in [1.82, 2.24) is 4.98 Å². The fraction of sp³-hybridized carbons (Fsp3) is 0.273. The summed E-state index contributed by atoms with van der Waals surface area (Å²) < 4.78 is 0. The Kier molecular flexibility index (Phi) is 5.08. The lowest BCUT2D eigenvalue weighted by Crippen LogP contribution is -2.01. The van der Waals surface area contributed by atoms with E-state index in [2.05, 4.69) is 26.9 Å². The molecule has 0 atom stereocenters. The molecule has 0 saturated carbocycles. The monoisotopic (exact) mass is 230 g/mol. The van der Waals surface area contributed by atoms with Gasteiger partial charge in [0.2, 0.25) is 0 Å². The van der Waals surface area contributed by atoms with Gasteiger partial charge in [0.15, 0.2) is 0 Å². The number of hydrogen-bond acceptors (Lipinski definition) is 3. The lowest BCUT2D eigenvalue weighted by Gasteiger charge is -1.95. The molecule has 0 unspecified atom stereocenters. The van der Waals surface area contributed by atoms with Gasteiger partial charge in [-0.05, 0) is 17.7 Å². The Morgan fingerprint density at radius 3 is 3.00 bits per heavy atom. The molecule has 1 heterocycles. The van der Waals surface area contributed by atoms with Gasteiger partial charge in [-0.1, -0.05) is 17.0 Å². The minimum absolute atomic E-state index is 0.0927. The first-order valence-corrected chi connectivity index (χ1v) is 4.89. The maximum atomic E-state index is 10.4. The van der Waals surface area contributed by atoms with E-state index in [0.717, 1.165) is 0 Å². The van der Waals surface area contributed by atoms with E-state index in [9.17, 15) is 4.79 Å². The summed E-state index contributed by atoms with van der Waals surface area (Å²) in [6.45, 7) is 0.341. The topological polar surface area (TPSA) is 99.0 Å². The van der Waals surface area contributed by atoms with Crippen LogP contribution < -0.4 is 0 Å². The highest BCUT2D eigenvalue weighted by Crippen LogP contribution is 1.99. The molecular weight excluding hydrogens is 220 g/mol. The summed E-state index contributed by atoms with van der Waals surface area (Å²) in [5, 5.41) is 11.9. The van der Waals surface area contributed by atoms with Crippen molar-refractivity contribution in [3.8, 4) is 11.8 Å². The predicted octanol–water partition coefficient (Wildman–Crippen LogP) is 1.76. The number of azide groups is 1. The van der Waals surface area contributed by atoms with Crippen LogP contribution in [0.5, 0.6) is 0 Å². The van der Waals surface area contributed by atoms with Gasteiger partial charge in [0.1, 0.15) is 0 Å². The molecular formula is C11H10N4O2. The number of carboxylic acid groups (broad SMARTS) is 1. The average molecular weight is 230 g/mol. The summed E-state index contributed by atoms with van der Waals surface area (Å²) in [6, 6.07) is 3.34. The quantitative estimate of drug-likeness (QED) is 0.280. The van der Waals surface area contributed by atoms with Crippen LogP contribution in [0.1, 0.15) is 17.7 Å². The third-order valence-electron chi connectivity index (χ3n) is 1.79. The fourth-order valence-electron chi connectivity index (χ4n) is 1.07. The van der Waals surface area contributed by atoms with Gasteiger partial charge in [0, 0.05) is 29.6 Å². The van der Waals surface area contributed by atoms with Crippen LogP contribution in [0.4, 0.5) is 0 Å². The number of aliphatic carboxylic acids is 1. The zero-order chi connectivity index (χ0) is 12.5. The van der Waals surface area contributed by atoms with Crippen LogP contribution in [0.25, 0.3) is 10.4 Å². The zero-order valence-electron chi connectivity index (χ0n) is 9.00. The molecule has 0 saturated heterocycles. The van der Waals surface area contributed by atoms with Gasteiger partial charge in [0.05, 0.1) is 12.1 Å². The van der Waals surface area contributed by atoms with E-state index in [0.29, 0.717) is 24.2 Å². The third kappa shape index (κ3) is 5.21. The first kappa shape index (κ1) is 12.6. The SMILES string of the molecule is [N-]=[N+]=NCCC#Cc1ccc(CC(=O)O)nc1. The van der Waals surface area contributed by atoms with Crippen molar-refractivity contribution in [2.75, 3.05) is 6.54 Å². The average Bonchev–Trinajstić information content (AvgIpc) is 2.30. The second kappa shape index (κ2) is 6.88. The molecule has 0 amide bonds. The Bertz CT molecular complexity index is 492. The Labute approximate surface area is 97.9 Å². The molecule has 86 valence electrons. The summed E-state index contributed by atoms with van der Waals surface area (Å²) in [6.07, 6.45) is 1.92. The Hall–Kier alpha value is -2.51. The molecule has 0 aliphatic heterocycles. The summed E-state index contributed by atoms with van der Waals surface area (Å²) >= 11 is 0. The molecule has 0 aliphatic carbocycles. The van der Waals surface area contributed by atoms with E-state index in [1.54, 1.807) is 12.1 Å². The Balaban J connectivity index is 2.55. The van der Waals surface area contributed by atoms with E-state index < -0.39 is 5.97 Å². The minimum atomic E-state index is -0.911. The lowest BCUT2D eigenvalue weighted by molar-refractivity contribution is -0.136. The second-order valence-corrected chi connectivity index (χ2v) is 3.11. The van der Waals surface area contributed by atoms with E-state index >= 15 is 0 Å². The van der Waals surface area contributed by atoms with Crippen LogP contribution in [0, 0.1) is 11.8 Å². The van der Waals surface area contributed by atoms with Gasteiger partial charge in [-0.2, -0.15) is 0 Å². The standard InChI is InChI=1S/C11H10N4O2/c12-15-14-6-2-1-3-9-4-5-10(13-8-9)7-11(16)17/h4-5,8H,2,6-7H2,(H,16,17). The lowest BCUT2D eigenvalue weighted by atomic mass is 10.2.